The van der Waals surface area contributed by atoms with Crippen molar-refractivity contribution >= 4 is 12.1 Å². The molecule has 1 aliphatic rings. The number of nitrogens with zero attached hydrogens (tertiary/aromatic N) is 1. The van der Waals surface area contributed by atoms with Crippen LogP contribution in [-0.2, 0) is 11.2 Å². The van der Waals surface area contributed by atoms with Crippen LogP contribution in [0.1, 0.15) is 31.7 Å². The Bertz CT molecular complexity index is 493. The topological polar surface area (TPSA) is 55.5 Å². The minimum Gasteiger partial charge on any atom is -0.370 e. The molecule has 2 N–H and O–H groups in total. The molecule has 1 aliphatic heterocycles. The summed E-state index contributed by atoms with van der Waals surface area (Å²) in [6.07, 6.45) is 9.21. The molecule has 3 nitrogen and oxygen atoms in total. The first kappa shape index (κ1) is 14.5. The van der Waals surface area contributed by atoms with E-state index in [1.807, 2.05) is 18.4 Å². The third-order valence-electron chi connectivity index (χ3n) is 3.76. The monoisotopic (exact) mass is 270 g/mol. The minimum atomic E-state index is -0.223. The van der Waals surface area contributed by atoms with Crippen LogP contribution in [0.2, 0.25) is 0 Å². The molecule has 0 spiro atoms. The summed E-state index contributed by atoms with van der Waals surface area (Å²) in [7, 11) is 0. The zero-order valence-corrected chi connectivity index (χ0v) is 12.0. The number of carbonyl (C=O) groups excluding carboxylic acids is 1. The molecular weight excluding hydrogens is 248 g/mol. The second-order valence-corrected chi connectivity index (χ2v) is 5.72. The Balaban J connectivity index is 2.01. The van der Waals surface area contributed by atoms with Crippen LogP contribution < -0.4 is 5.73 Å². The average molecular weight is 270 g/mol. The maximum Gasteiger partial charge on any atom is 0.217 e. The van der Waals surface area contributed by atoms with Gasteiger partial charge in [0.25, 0.3) is 0 Å². The van der Waals surface area contributed by atoms with Crippen LogP contribution in [0.15, 0.2) is 47.5 Å². The van der Waals surface area contributed by atoms with Crippen molar-refractivity contribution < 1.29 is 4.79 Å². The van der Waals surface area contributed by atoms with Crippen LogP contribution in [0.4, 0.5) is 0 Å². The largest absolute Gasteiger partial charge is 0.370 e. The van der Waals surface area contributed by atoms with Crippen LogP contribution in [-0.4, -0.2) is 17.7 Å². The summed E-state index contributed by atoms with van der Waals surface area (Å²) in [6.45, 7) is 2.16. The van der Waals surface area contributed by atoms with E-state index >= 15 is 0 Å². The predicted molar refractivity (Wildman–Crippen MR) is 82.7 cm³/mol. The van der Waals surface area contributed by atoms with Crippen LogP contribution in [0.5, 0.6) is 0 Å². The molecule has 1 heterocycles. The summed E-state index contributed by atoms with van der Waals surface area (Å²) in [4.78, 5) is 15.6. The van der Waals surface area contributed by atoms with Gasteiger partial charge in [0.1, 0.15) is 0 Å². The number of carbonyl (C=O) groups is 1. The Morgan fingerprint density at radius 2 is 2.10 bits per heavy atom. The van der Waals surface area contributed by atoms with Crippen molar-refractivity contribution in [2.75, 3.05) is 0 Å². The molecular formula is C17H22N2O. The zero-order valence-electron chi connectivity index (χ0n) is 12.0. The van der Waals surface area contributed by atoms with E-state index < -0.39 is 0 Å². The van der Waals surface area contributed by atoms with E-state index in [0.717, 1.165) is 19.3 Å². The molecule has 1 amide bonds. The van der Waals surface area contributed by atoms with Gasteiger partial charge in [-0.25, -0.2) is 0 Å². The number of allylic oxidation sites excluding steroid dienone is 1. The smallest absolute Gasteiger partial charge is 0.217 e. The Kier molecular flexibility index (Phi) is 4.72. The fourth-order valence-corrected chi connectivity index (χ4v) is 2.80. The first-order valence-electron chi connectivity index (χ1n) is 7.15. The minimum absolute atomic E-state index is 0.154. The number of aliphatic imine (C=N–C) groups is 1. The van der Waals surface area contributed by atoms with Gasteiger partial charge in [-0.2, -0.15) is 0 Å². The van der Waals surface area contributed by atoms with Gasteiger partial charge < -0.3 is 5.73 Å². The van der Waals surface area contributed by atoms with Crippen molar-refractivity contribution in [1.29, 1.82) is 0 Å². The summed E-state index contributed by atoms with van der Waals surface area (Å²) >= 11 is 0. The molecule has 2 rings (SSSR count). The number of amides is 1. The van der Waals surface area contributed by atoms with Crippen molar-refractivity contribution in [1.82, 2.24) is 0 Å². The van der Waals surface area contributed by atoms with E-state index in [-0.39, 0.29) is 11.4 Å². The Hall–Kier alpha value is -1.90. The first-order valence-corrected chi connectivity index (χ1v) is 7.15. The number of benzene rings is 1. The summed E-state index contributed by atoms with van der Waals surface area (Å²) in [5.41, 5.74) is 6.36. The Morgan fingerprint density at radius 1 is 1.35 bits per heavy atom. The van der Waals surface area contributed by atoms with E-state index in [1.165, 1.54) is 5.56 Å². The first-order chi connectivity index (χ1) is 9.60. The van der Waals surface area contributed by atoms with Crippen molar-refractivity contribution in [3.8, 4) is 0 Å². The molecule has 2 atom stereocenters. The standard InChI is InChI=1S/C17H22N2O/c1-14(8-9-16(18)20)12-17(10-5-11-19-17)13-15-6-3-2-4-7-15/h2-7,10-11,14H,8-9,12-13H2,1H3,(H2,18,20). The van der Waals surface area contributed by atoms with Gasteiger partial charge in [0.15, 0.2) is 0 Å². The second kappa shape index (κ2) is 6.51. The number of rotatable bonds is 7. The third kappa shape index (κ3) is 4.05. The van der Waals surface area contributed by atoms with Gasteiger partial charge >= 0.3 is 0 Å². The van der Waals surface area contributed by atoms with Crippen LogP contribution >= 0.6 is 0 Å². The van der Waals surface area contributed by atoms with Gasteiger partial charge in [0.2, 0.25) is 5.91 Å². The molecule has 3 heteroatoms. The number of hydrogen-bond donors (Lipinski definition) is 1. The molecule has 1 aromatic rings. The van der Waals surface area contributed by atoms with Gasteiger partial charge in [-0.15, -0.1) is 0 Å². The highest BCUT2D eigenvalue weighted by Gasteiger charge is 2.30. The van der Waals surface area contributed by atoms with Gasteiger partial charge in [-0.1, -0.05) is 43.3 Å². The Labute approximate surface area is 120 Å². The third-order valence-corrected chi connectivity index (χ3v) is 3.76. The van der Waals surface area contributed by atoms with Gasteiger partial charge in [0, 0.05) is 19.1 Å². The molecule has 0 aliphatic carbocycles. The lowest BCUT2D eigenvalue weighted by Gasteiger charge is -2.27. The maximum absolute atomic E-state index is 10.9. The number of primary amides is 1. The van der Waals surface area contributed by atoms with Crippen LogP contribution in [0, 0.1) is 5.92 Å². The molecule has 1 aromatic carbocycles. The van der Waals surface area contributed by atoms with Crippen molar-refractivity contribution in [3.05, 3.63) is 48.0 Å². The lowest BCUT2D eigenvalue weighted by Crippen LogP contribution is -2.28. The lowest BCUT2D eigenvalue weighted by atomic mass is 9.82. The molecule has 0 fully saturated rings. The molecule has 0 radical (unpaired) electrons. The van der Waals surface area contributed by atoms with E-state index in [4.69, 9.17) is 5.73 Å². The summed E-state index contributed by atoms with van der Waals surface area (Å²) in [5, 5.41) is 0. The Morgan fingerprint density at radius 3 is 2.70 bits per heavy atom. The van der Waals surface area contributed by atoms with Crippen molar-refractivity contribution in [2.24, 2.45) is 16.6 Å². The highest BCUT2D eigenvalue weighted by Crippen LogP contribution is 2.31. The van der Waals surface area contributed by atoms with Gasteiger partial charge in [-0.3, -0.25) is 9.79 Å². The van der Waals surface area contributed by atoms with E-state index in [9.17, 15) is 4.79 Å². The van der Waals surface area contributed by atoms with Gasteiger partial charge in [0.05, 0.1) is 5.54 Å². The molecule has 0 saturated heterocycles. The van der Waals surface area contributed by atoms with E-state index in [0.29, 0.717) is 12.3 Å². The quantitative estimate of drug-likeness (QED) is 0.813. The van der Waals surface area contributed by atoms with E-state index in [1.54, 1.807) is 0 Å². The molecule has 106 valence electrons. The summed E-state index contributed by atoms with van der Waals surface area (Å²) < 4.78 is 0. The summed E-state index contributed by atoms with van der Waals surface area (Å²) in [6, 6.07) is 10.4. The lowest BCUT2D eigenvalue weighted by molar-refractivity contribution is -0.118. The molecule has 0 saturated carbocycles. The van der Waals surface area contributed by atoms with Crippen LogP contribution in [0.25, 0.3) is 0 Å². The second-order valence-electron chi connectivity index (χ2n) is 5.72. The number of hydrogen-bond acceptors (Lipinski definition) is 2. The molecule has 20 heavy (non-hydrogen) atoms. The van der Waals surface area contributed by atoms with Crippen molar-refractivity contribution in [3.63, 3.8) is 0 Å². The van der Waals surface area contributed by atoms with E-state index in [2.05, 4.69) is 42.3 Å². The normalized spacial score (nSPS) is 22.1. The summed E-state index contributed by atoms with van der Waals surface area (Å²) in [5.74, 6) is 0.200. The highest BCUT2D eigenvalue weighted by molar-refractivity contribution is 5.75. The predicted octanol–water partition coefficient (Wildman–Crippen LogP) is 2.90. The molecule has 0 bridgehead atoms. The number of nitrogens with two attached hydrogens (primary N) is 1. The highest BCUT2D eigenvalue weighted by atomic mass is 16.1. The van der Waals surface area contributed by atoms with Crippen LogP contribution in [0.3, 0.4) is 0 Å². The SMILES string of the molecule is CC(CCC(N)=O)CC1(Cc2ccccc2)C=CC=N1. The molecule has 0 aromatic heterocycles. The zero-order chi connectivity index (χ0) is 14.4. The molecule has 2 unspecified atom stereocenters. The fourth-order valence-electron chi connectivity index (χ4n) is 2.80. The maximum atomic E-state index is 10.9. The fraction of sp³-hybridized carbons (Fsp3) is 0.412. The van der Waals surface area contributed by atoms with Crippen molar-refractivity contribution in [2.45, 2.75) is 38.1 Å². The van der Waals surface area contributed by atoms with Gasteiger partial charge in [-0.05, 0) is 30.4 Å². The average Bonchev–Trinajstić information content (AvgIpc) is 2.86.